The number of aromatic nitrogens is 2. The van der Waals surface area contributed by atoms with E-state index in [1.165, 1.54) is 0 Å². The lowest BCUT2D eigenvalue weighted by molar-refractivity contribution is 0.135. The van der Waals surface area contributed by atoms with Crippen molar-refractivity contribution in [1.82, 2.24) is 15.5 Å². The summed E-state index contributed by atoms with van der Waals surface area (Å²) in [4.78, 5) is 0. The van der Waals surface area contributed by atoms with Gasteiger partial charge in [0.05, 0.1) is 10.7 Å². The van der Waals surface area contributed by atoms with Crippen molar-refractivity contribution >= 4 is 15.9 Å². The van der Waals surface area contributed by atoms with Gasteiger partial charge in [0.2, 0.25) is 5.88 Å². The van der Waals surface area contributed by atoms with Gasteiger partial charge in [-0.3, -0.25) is 0 Å². The molecule has 0 bridgehead atoms. The van der Waals surface area contributed by atoms with Crippen LogP contribution in [0.25, 0.3) is 0 Å². The van der Waals surface area contributed by atoms with Crippen LogP contribution >= 0.6 is 15.9 Å². The molecular formula is C6H8BrN3O. The molecule has 0 unspecified atom stereocenters. The third-order valence-electron chi connectivity index (χ3n) is 1.59. The van der Waals surface area contributed by atoms with E-state index < -0.39 is 0 Å². The molecule has 60 valence electrons. The van der Waals surface area contributed by atoms with Gasteiger partial charge < -0.3 is 10.1 Å². The Morgan fingerprint density at radius 1 is 1.64 bits per heavy atom. The molecule has 2 N–H and O–H groups in total. The van der Waals surface area contributed by atoms with E-state index in [1.54, 1.807) is 6.20 Å². The van der Waals surface area contributed by atoms with Crippen molar-refractivity contribution in [2.75, 3.05) is 13.1 Å². The molecule has 0 aromatic carbocycles. The fraction of sp³-hybridized carbons (Fsp3) is 0.500. The maximum atomic E-state index is 5.49. The number of aromatic amines is 1. The minimum absolute atomic E-state index is 0.298. The maximum absolute atomic E-state index is 5.49. The molecular weight excluding hydrogens is 210 g/mol. The molecule has 1 aliphatic rings. The van der Waals surface area contributed by atoms with E-state index in [0.717, 1.165) is 23.4 Å². The smallest absolute Gasteiger partial charge is 0.224 e. The van der Waals surface area contributed by atoms with Gasteiger partial charge in [0.25, 0.3) is 0 Å². The zero-order valence-corrected chi connectivity index (χ0v) is 7.39. The quantitative estimate of drug-likeness (QED) is 0.760. The van der Waals surface area contributed by atoms with Gasteiger partial charge in [0.15, 0.2) is 0 Å². The van der Waals surface area contributed by atoms with Crippen LogP contribution in [0, 0.1) is 0 Å². The minimum Gasteiger partial charge on any atom is -0.471 e. The first-order chi connectivity index (χ1) is 5.36. The summed E-state index contributed by atoms with van der Waals surface area (Å²) in [7, 11) is 0. The monoisotopic (exact) mass is 217 g/mol. The largest absolute Gasteiger partial charge is 0.471 e. The summed E-state index contributed by atoms with van der Waals surface area (Å²) in [6.07, 6.45) is 1.98. The van der Waals surface area contributed by atoms with Gasteiger partial charge in [-0.15, -0.1) is 0 Å². The van der Waals surface area contributed by atoms with E-state index in [9.17, 15) is 0 Å². The van der Waals surface area contributed by atoms with Gasteiger partial charge in [-0.1, -0.05) is 0 Å². The van der Waals surface area contributed by atoms with Gasteiger partial charge in [0.1, 0.15) is 6.10 Å². The Morgan fingerprint density at radius 3 is 2.91 bits per heavy atom. The number of hydrogen-bond donors (Lipinski definition) is 2. The third-order valence-corrected chi connectivity index (χ3v) is 2.15. The van der Waals surface area contributed by atoms with E-state index >= 15 is 0 Å². The van der Waals surface area contributed by atoms with Gasteiger partial charge in [-0.2, -0.15) is 5.10 Å². The summed E-state index contributed by atoms with van der Waals surface area (Å²) in [5.74, 6) is 0.719. The third kappa shape index (κ3) is 1.39. The van der Waals surface area contributed by atoms with Gasteiger partial charge >= 0.3 is 0 Å². The minimum atomic E-state index is 0.298. The molecule has 0 radical (unpaired) electrons. The van der Waals surface area contributed by atoms with E-state index in [2.05, 4.69) is 31.4 Å². The van der Waals surface area contributed by atoms with Crippen molar-refractivity contribution in [1.29, 1.82) is 0 Å². The molecule has 1 aromatic heterocycles. The van der Waals surface area contributed by atoms with Crippen LogP contribution in [0.3, 0.4) is 0 Å². The predicted octanol–water partition coefficient (Wildman–Crippen LogP) is 0.523. The molecule has 0 spiro atoms. The van der Waals surface area contributed by atoms with Crippen molar-refractivity contribution < 1.29 is 4.74 Å². The second-order valence-electron chi connectivity index (χ2n) is 2.45. The molecule has 1 aliphatic heterocycles. The fourth-order valence-corrected chi connectivity index (χ4v) is 1.14. The Kier molecular flexibility index (Phi) is 1.83. The molecule has 1 aromatic rings. The van der Waals surface area contributed by atoms with Crippen LogP contribution in [0.2, 0.25) is 0 Å². The van der Waals surface area contributed by atoms with Crippen LogP contribution in [-0.2, 0) is 0 Å². The lowest BCUT2D eigenvalue weighted by atomic mass is 10.2. The fourth-order valence-electron chi connectivity index (χ4n) is 0.854. The van der Waals surface area contributed by atoms with Gasteiger partial charge in [0, 0.05) is 13.1 Å². The Morgan fingerprint density at radius 2 is 2.45 bits per heavy atom. The summed E-state index contributed by atoms with van der Waals surface area (Å²) >= 11 is 3.31. The topological polar surface area (TPSA) is 49.9 Å². The summed E-state index contributed by atoms with van der Waals surface area (Å²) in [5, 5.41) is 9.69. The first-order valence-electron chi connectivity index (χ1n) is 3.42. The molecule has 0 saturated carbocycles. The average Bonchev–Trinajstić information content (AvgIpc) is 2.27. The summed E-state index contributed by atoms with van der Waals surface area (Å²) in [6.45, 7) is 1.84. The molecule has 0 atom stereocenters. The zero-order chi connectivity index (χ0) is 7.68. The predicted molar refractivity (Wildman–Crippen MR) is 43.6 cm³/mol. The number of hydrogen-bond acceptors (Lipinski definition) is 3. The van der Waals surface area contributed by atoms with E-state index in [1.807, 2.05) is 0 Å². The lowest BCUT2D eigenvalue weighted by Gasteiger charge is -2.26. The first kappa shape index (κ1) is 7.12. The standard InChI is InChI=1S/C6H8BrN3O/c7-5-3-9-10-6(5)11-4-1-8-2-4/h3-4,8H,1-2H2,(H,9,10). The Bertz CT molecular complexity index is 246. The van der Waals surface area contributed by atoms with Crippen LogP contribution in [0.5, 0.6) is 5.88 Å². The molecule has 0 amide bonds. The summed E-state index contributed by atoms with van der Waals surface area (Å²) in [6, 6.07) is 0. The van der Waals surface area contributed by atoms with Crippen molar-refractivity contribution in [2.45, 2.75) is 6.10 Å². The maximum Gasteiger partial charge on any atom is 0.224 e. The second kappa shape index (κ2) is 2.83. The van der Waals surface area contributed by atoms with E-state index in [4.69, 9.17) is 4.74 Å². The highest BCUT2D eigenvalue weighted by molar-refractivity contribution is 9.10. The van der Waals surface area contributed by atoms with Gasteiger partial charge in [-0.25, -0.2) is 5.10 Å². The molecule has 2 rings (SSSR count). The molecule has 5 heteroatoms. The van der Waals surface area contributed by atoms with Crippen LogP contribution in [-0.4, -0.2) is 29.4 Å². The highest BCUT2D eigenvalue weighted by atomic mass is 79.9. The van der Waals surface area contributed by atoms with Crippen molar-refractivity contribution in [3.63, 3.8) is 0 Å². The molecule has 1 saturated heterocycles. The van der Waals surface area contributed by atoms with Crippen LogP contribution < -0.4 is 10.1 Å². The lowest BCUT2D eigenvalue weighted by Crippen LogP contribution is -2.50. The SMILES string of the molecule is Brc1cn[nH]c1OC1CNC1. The number of nitrogens with zero attached hydrogens (tertiary/aromatic N) is 1. The Balaban J connectivity index is 1.99. The van der Waals surface area contributed by atoms with E-state index in [0.29, 0.717) is 6.10 Å². The Labute approximate surface area is 72.4 Å². The number of halogens is 1. The Hall–Kier alpha value is -0.550. The molecule has 0 aliphatic carbocycles. The number of H-pyrrole nitrogens is 1. The summed E-state index contributed by atoms with van der Waals surface area (Å²) in [5.41, 5.74) is 0. The average molecular weight is 218 g/mol. The zero-order valence-electron chi connectivity index (χ0n) is 5.80. The first-order valence-corrected chi connectivity index (χ1v) is 4.22. The number of ether oxygens (including phenoxy) is 1. The molecule has 4 nitrogen and oxygen atoms in total. The number of nitrogens with one attached hydrogen (secondary N) is 2. The molecule has 11 heavy (non-hydrogen) atoms. The van der Waals surface area contributed by atoms with E-state index in [-0.39, 0.29) is 0 Å². The summed E-state index contributed by atoms with van der Waals surface area (Å²) < 4.78 is 6.37. The number of rotatable bonds is 2. The molecule has 1 fully saturated rings. The van der Waals surface area contributed by atoms with Crippen LogP contribution in [0.4, 0.5) is 0 Å². The van der Waals surface area contributed by atoms with Crippen molar-refractivity contribution in [2.24, 2.45) is 0 Å². The van der Waals surface area contributed by atoms with Crippen molar-refractivity contribution in [3.8, 4) is 5.88 Å². The highest BCUT2D eigenvalue weighted by Crippen LogP contribution is 2.22. The normalized spacial score (nSPS) is 17.9. The van der Waals surface area contributed by atoms with Gasteiger partial charge in [-0.05, 0) is 15.9 Å². The van der Waals surface area contributed by atoms with Crippen molar-refractivity contribution in [3.05, 3.63) is 10.7 Å². The second-order valence-corrected chi connectivity index (χ2v) is 3.30. The van der Waals surface area contributed by atoms with Crippen LogP contribution in [0.1, 0.15) is 0 Å². The highest BCUT2D eigenvalue weighted by Gasteiger charge is 2.19. The molecule has 2 heterocycles. The van der Waals surface area contributed by atoms with Crippen LogP contribution in [0.15, 0.2) is 10.7 Å².